The van der Waals surface area contributed by atoms with Gasteiger partial charge in [0.2, 0.25) is 0 Å². The smallest absolute Gasteiger partial charge is 0.410 e. The SMILES string of the molecule is CC(C)(C)OC(=O)N1CC(F)(/C=N/[S+]([O-])C(C)(C)C)C1. The zero-order chi connectivity index (χ0) is 15.8. The maximum atomic E-state index is 14.2. The standard InChI is InChI=1S/C13H23FN2O3S/c1-11(2,3)19-10(17)16-8-13(14,9-16)7-15-20(18)12(4,5)6/h7H,8-9H2,1-6H3/b15-7+. The van der Waals surface area contributed by atoms with Gasteiger partial charge >= 0.3 is 6.09 Å². The van der Waals surface area contributed by atoms with Crippen LogP contribution in [-0.4, -0.2) is 50.9 Å². The molecule has 0 spiro atoms. The van der Waals surface area contributed by atoms with Crippen LogP contribution in [0.3, 0.4) is 0 Å². The first-order valence-electron chi connectivity index (χ1n) is 6.46. The summed E-state index contributed by atoms with van der Waals surface area (Å²) in [6, 6.07) is 0. The topological polar surface area (TPSA) is 65.0 Å². The van der Waals surface area contributed by atoms with E-state index in [9.17, 15) is 13.7 Å². The number of nitrogens with zero attached hydrogens (tertiary/aromatic N) is 2. The third-order valence-corrected chi connectivity index (χ3v) is 3.81. The zero-order valence-electron chi connectivity index (χ0n) is 12.9. The molecule has 5 nitrogen and oxygen atoms in total. The molecule has 1 heterocycles. The molecule has 0 aromatic rings. The van der Waals surface area contributed by atoms with Crippen molar-refractivity contribution in [3.05, 3.63) is 0 Å². The van der Waals surface area contributed by atoms with Gasteiger partial charge in [-0.3, -0.25) is 0 Å². The highest BCUT2D eigenvalue weighted by atomic mass is 32.2. The van der Waals surface area contributed by atoms with Gasteiger partial charge in [-0.1, -0.05) is 4.40 Å². The molecule has 1 saturated heterocycles. The van der Waals surface area contributed by atoms with Crippen molar-refractivity contribution >= 4 is 23.7 Å². The first-order chi connectivity index (χ1) is 8.82. The Morgan fingerprint density at radius 1 is 1.35 bits per heavy atom. The van der Waals surface area contributed by atoms with Crippen LogP contribution in [-0.2, 0) is 16.1 Å². The summed E-state index contributed by atoms with van der Waals surface area (Å²) in [5.41, 5.74) is -2.31. The molecule has 1 unspecified atom stereocenters. The van der Waals surface area contributed by atoms with E-state index in [1.165, 1.54) is 4.90 Å². The fraction of sp³-hybridized carbons (Fsp3) is 0.846. The van der Waals surface area contributed by atoms with Crippen molar-refractivity contribution in [2.45, 2.75) is 57.6 Å². The van der Waals surface area contributed by atoms with Gasteiger partial charge in [0, 0.05) is 0 Å². The van der Waals surface area contributed by atoms with Gasteiger partial charge in [0.05, 0.1) is 19.3 Å². The van der Waals surface area contributed by atoms with Gasteiger partial charge < -0.3 is 14.2 Å². The van der Waals surface area contributed by atoms with Gasteiger partial charge in [0.15, 0.2) is 5.67 Å². The van der Waals surface area contributed by atoms with Gasteiger partial charge in [0.1, 0.15) is 21.7 Å². The second-order valence-corrected chi connectivity index (χ2v) is 8.90. The van der Waals surface area contributed by atoms with Crippen LogP contribution in [0.5, 0.6) is 0 Å². The molecule has 1 aliphatic rings. The number of rotatable bonds is 2. The molecule has 1 aliphatic heterocycles. The van der Waals surface area contributed by atoms with Crippen molar-refractivity contribution in [3.63, 3.8) is 0 Å². The van der Waals surface area contributed by atoms with E-state index in [4.69, 9.17) is 4.74 Å². The minimum Gasteiger partial charge on any atom is -0.591 e. The molecule has 1 rings (SSSR count). The van der Waals surface area contributed by atoms with Crippen molar-refractivity contribution in [2.24, 2.45) is 4.40 Å². The van der Waals surface area contributed by atoms with Crippen LogP contribution >= 0.6 is 0 Å². The van der Waals surface area contributed by atoms with Crippen molar-refractivity contribution in [3.8, 4) is 0 Å². The molecular weight excluding hydrogens is 283 g/mol. The molecule has 1 atom stereocenters. The van der Waals surface area contributed by atoms with E-state index in [0.717, 1.165) is 6.21 Å². The minimum atomic E-state index is -1.71. The third-order valence-electron chi connectivity index (χ3n) is 2.46. The maximum absolute atomic E-state index is 14.2. The third kappa shape index (κ3) is 4.94. The van der Waals surface area contributed by atoms with Crippen LogP contribution in [0.1, 0.15) is 41.5 Å². The molecule has 116 valence electrons. The number of carbonyl (C=O) groups excluding carboxylic acids is 1. The van der Waals surface area contributed by atoms with Crippen LogP contribution in [0.25, 0.3) is 0 Å². The van der Waals surface area contributed by atoms with Gasteiger partial charge in [-0.2, -0.15) is 0 Å². The van der Waals surface area contributed by atoms with Gasteiger partial charge in [-0.25, -0.2) is 9.18 Å². The van der Waals surface area contributed by atoms with E-state index in [0.29, 0.717) is 0 Å². The Hall–Kier alpha value is -0.820. The molecular formula is C13H23FN2O3S. The van der Waals surface area contributed by atoms with Crippen LogP contribution < -0.4 is 0 Å². The molecule has 0 N–H and O–H groups in total. The summed E-state index contributed by atoms with van der Waals surface area (Å²) in [7, 11) is 0. The Morgan fingerprint density at radius 3 is 2.25 bits per heavy atom. The van der Waals surface area contributed by atoms with Crippen LogP contribution in [0.15, 0.2) is 4.40 Å². The molecule has 0 radical (unpaired) electrons. The second-order valence-electron chi connectivity index (χ2n) is 6.97. The minimum absolute atomic E-state index is 0.118. The average molecular weight is 306 g/mol. The highest BCUT2D eigenvalue weighted by molar-refractivity contribution is 7.91. The number of carbonyl (C=O) groups is 1. The van der Waals surface area contributed by atoms with E-state index in [-0.39, 0.29) is 13.1 Å². The summed E-state index contributed by atoms with van der Waals surface area (Å²) in [5, 5.41) is 0. The molecule has 1 amide bonds. The Labute approximate surface area is 122 Å². The highest BCUT2D eigenvalue weighted by Gasteiger charge is 2.47. The van der Waals surface area contributed by atoms with Crippen molar-refractivity contribution in [1.29, 1.82) is 0 Å². The van der Waals surface area contributed by atoms with Gasteiger partial charge in [0.25, 0.3) is 0 Å². The molecule has 0 saturated carbocycles. The lowest BCUT2D eigenvalue weighted by Gasteiger charge is -2.41. The van der Waals surface area contributed by atoms with Crippen LogP contribution in [0, 0.1) is 0 Å². The van der Waals surface area contributed by atoms with Gasteiger partial charge in [-0.15, -0.1) is 0 Å². The van der Waals surface area contributed by atoms with Gasteiger partial charge in [-0.05, 0) is 41.5 Å². The normalized spacial score (nSPS) is 20.7. The Balaban J connectivity index is 2.50. The summed E-state index contributed by atoms with van der Waals surface area (Å²) in [5.74, 6) is 0. The molecule has 7 heteroatoms. The van der Waals surface area contributed by atoms with E-state index in [1.807, 2.05) is 0 Å². The molecule has 1 fully saturated rings. The number of likely N-dealkylation sites (tertiary alicyclic amines) is 1. The summed E-state index contributed by atoms with van der Waals surface area (Å²) in [4.78, 5) is 12.9. The lowest BCUT2D eigenvalue weighted by Crippen LogP contribution is -2.62. The van der Waals surface area contributed by atoms with E-state index in [2.05, 4.69) is 4.40 Å². The first kappa shape index (κ1) is 17.2. The average Bonchev–Trinajstić information content (AvgIpc) is 2.17. The monoisotopic (exact) mass is 306 g/mol. The molecule has 20 heavy (non-hydrogen) atoms. The summed E-state index contributed by atoms with van der Waals surface area (Å²) in [6.07, 6.45) is 0.506. The predicted octanol–water partition coefficient (Wildman–Crippen LogP) is 2.48. The van der Waals surface area contributed by atoms with E-state index in [1.54, 1.807) is 41.5 Å². The van der Waals surface area contributed by atoms with Crippen molar-refractivity contribution in [1.82, 2.24) is 4.90 Å². The Morgan fingerprint density at radius 2 is 1.85 bits per heavy atom. The van der Waals surface area contributed by atoms with E-state index < -0.39 is 33.5 Å². The number of halogens is 1. The quantitative estimate of drug-likeness (QED) is 0.581. The number of hydrogen-bond donors (Lipinski definition) is 0. The van der Waals surface area contributed by atoms with Crippen molar-refractivity contribution < 1.29 is 18.5 Å². The number of amides is 1. The zero-order valence-corrected chi connectivity index (χ0v) is 13.7. The molecule has 0 aromatic carbocycles. The molecule has 0 aromatic heterocycles. The van der Waals surface area contributed by atoms with E-state index >= 15 is 0 Å². The summed E-state index contributed by atoms with van der Waals surface area (Å²) in [6.45, 7) is 10.3. The molecule has 0 bridgehead atoms. The lowest BCUT2D eigenvalue weighted by molar-refractivity contribution is -0.0221. The summed E-state index contributed by atoms with van der Waals surface area (Å²) >= 11 is -1.49. The van der Waals surface area contributed by atoms with Crippen LogP contribution in [0.4, 0.5) is 9.18 Å². The fourth-order valence-corrected chi connectivity index (χ4v) is 2.03. The fourth-order valence-electron chi connectivity index (χ4n) is 1.43. The summed E-state index contributed by atoms with van der Waals surface area (Å²) < 4.78 is 34.2. The number of alkyl halides is 1. The van der Waals surface area contributed by atoms with Crippen molar-refractivity contribution in [2.75, 3.05) is 13.1 Å². The number of hydrogen-bond acceptors (Lipinski definition) is 4. The second kappa shape index (κ2) is 5.52. The lowest BCUT2D eigenvalue weighted by atomic mass is 9.99. The maximum Gasteiger partial charge on any atom is 0.410 e. The first-order valence-corrected chi connectivity index (χ1v) is 7.57. The Kier molecular flexibility index (Phi) is 4.76. The highest BCUT2D eigenvalue weighted by Crippen LogP contribution is 2.27. The largest absolute Gasteiger partial charge is 0.591 e. The number of ether oxygens (including phenoxy) is 1. The molecule has 0 aliphatic carbocycles. The Bertz CT molecular complexity index is 395. The van der Waals surface area contributed by atoms with Crippen LogP contribution in [0.2, 0.25) is 0 Å². The predicted molar refractivity (Wildman–Crippen MR) is 78.0 cm³/mol.